The average Bonchev–Trinajstić information content (AvgIpc) is 1.85. The van der Waals surface area contributed by atoms with Crippen LogP contribution in [-0.2, 0) is 0 Å². The number of aromatic amines is 1. The molecule has 1 aromatic heterocycles. The highest BCUT2D eigenvalue weighted by atomic mass is 14.9. The summed E-state index contributed by atoms with van der Waals surface area (Å²) in [6, 6.07) is 0. The van der Waals surface area contributed by atoms with Gasteiger partial charge in [0.1, 0.15) is 5.48 Å². The Balaban J connectivity index is 3.59. The molecule has 0 saturated heterocycles. The van der Waals surface area contributed by atoms with Crippen LogP contribution in [0.2, 0.25) is 0 Å². The van der Waals surface area contributed by atoms with Crippen LogP contribution in [0.25, 0.3) is 13.2 Å². The lowest BCUT2D eigenvalue weighted by molar-refractivity contribution is 1.18. The zero-order valence-corrected chi connectivity index (χ0v) is 4.86. The predicted molar refractivity (Wildman–Crippen MR) is 33.6 cm³/mol. The van der Waals surface area contributed by atoms with Crippen LogP contribution in [0, 0.1) is 6.92 Å². The maximum absolute atomic E-state index is 3.98. The minimum absolute atomic E-state index is 0.688. The van der Waals surface area contributed by atoms with E-state index in [2.05, 4.69) is 23.1 Å². The second-order valence-corrected chi connectivity index (χ2v) is 1.75. The second-order valence-electron chi connectivity index (χ2n) is 1.75. The summed E-state index contributed by atoms with van der Waals surface area (Å²) >= 11 is 0. The third kappa shape index (κ3) is 0.644. The molecule has 8 heavy (non-hydrogen) atoms. The van der Waals surface area contributed by atoms with Crippen LogP contribution < -0.4 is 10.8 Å². The SMILES string of the molecule is C=c1nc(C)c(=C)[nH]1. The minimum atomic E-state index is 0.688. The first-order chi connectivity index (χ1) is 3.70. The topological polar surface area (TPSA) is 28.7 Å². The highest BCUT2D eigenvalue weighted by Crippen LogP contribution is 1.66. The van der Waals surface area contributed by atoms with Gasteiger partial charge < -0.3 is 4.98 Å². The molecule has 0 radical (unpaired) electrons. The molecule has 0 bridgehead atoms. The highest BCUT2D eigenvalue weighted by molar-refractivity contribution is 5.05. The fraction of sp³-hybridized carbons (Fsp3) is 0.167. The first kappa shape index (κ1) is 5.09. The number of rotatable bonds is 0. The molecule has 2 nitrogen and oxygen atoms in total. The van der Waals surface area contributed by atoms with Crippen LogP contribution in [0.1, 0.15) is 5.69 Å². The van der Waals surface area contributed by atoms with E-state index in [1.165, 1.54) is 0 Å². The number of imidazole rings is 1. The Labute approximate surface area is 47.6 Å². The average molecular weight is 108 g/mol. The maximum atomic E-state index is 3.98. The fourth-order valence-corrected chi connectivity index (χ4v) is 0.562. The van der Waals surface area contributed by atoms with E-state index in [1.54, 1.807) is 0 Å². The van der Waals surface area contributed by atoms with Crippen LogP contribution >= 0.6 is 0 Å². The summed E-state index contributed by atoms with van der Waals surface area (Å²) in [5.74, 6) is 0. The fourth-order valence-electron chi connectivity index (χ4n) is 0.562. The molecule has 1 heterocycles. The summed E-state index contributed by atoms with van der Waals surface area (Å²) in [6.07, 6.45) is 0. The molecule has 1 aromatic rings. The number of nitrogens with one attached hydrogen (secondary N) is 1. The molecule has 0 unspecified atom stereocenters. The molecule has 0 fully saturated rings. The Morgan fingerprint density at radius 2 is 2.12 bits per heavy atom. The van der Waals surface area contributed by atoms with Crippen molar-refractivity contribution in [2.75, 3.05) is 0 Å². The summed E-state index contributed by atoms with van der Waals surface area (Å²) in [5.41, 5.74) is 1.61. The second kappa shape index (κ2) is 1.47. The molecule has 0 aliphatic heterocycles. The van der Waals surface area contributed by atoms with E-state index in [0.29, 0.717) is 5.48 Å². The van der Waals surface area contributed by atoms with Gasteiger partial charge in [0, 0.05) is 0 Å². The molecule has 0 aliphatic rings. The largest absolute Gasteiger partial charge is 0.340 e. The Morgan fingerprint density at radius 3 is 2.25 bits per heavy atom. The van der Waals surface area contributed by atoms with Crippen molar-refractivity contribution in [2.45, 2.75) is 6.92 Å². The summed E-state index contributed by atoms with van der Waals surface area (Å²) in [5, 5.41) is 0.856. The molecule has 0 amide bonds. The molecule has 1 rings (SSSR count). The zero-order valence-electron chi connectivity index (χ0n) is 4.86. The number of hydrogen-bond acceptors (Lipinski definition) is 1. The van der Waals surface area contributed by atoms with Gasteiger partial charge in [0.05, 0.1) is 11.0 Å². The monoisotopic (exact) mass is 108 g/mol. The minimum Gasteiger partial charge on any atom is -0.340 e. The maximum Gasteiger partial charge on any atom is 0.123 e. The van der Waals surface area contributed by atoms with Gasteiger partial charge in [-0.05, 0) is 6.92 Å². The van der Waals surface area contributed by atoms with Gasteiger partial charge in [0.25, 0.3) is 0 Å². The van der Waals surface area contributed by atoms with Gasteiger partial charge in [-0.1, -0.05) is 13.2 Å². The van der Waals surface area contributed by atoms with Crippen molar-refractivity contribution < 1.29 is 0 Å². The van der Waals surface area contributed by atoms with Crippen molar-refractivity contribution in [1.29, 1.82) is 0 Å². The molecule has 0 saturated carbocycles. The molecule has 1 N–H and O–H groups in total. The van der Waals surface area contributed by atoms with Crippen molar-refractivity contribution in [3.05, 3.63) is 16.5 Å². The van der Waals surface area contributed by atoms with Crippen molar-refractivity contribution in [3.63, 3.8) is 0 Å². The zero-order chi connectivity index (χ0) is 6.15. The van der Waals surface area contributed by atoms with E-state index in [-0.39, 0.29) is 0 Å². The van der Waals surface area contributed by atoms with Crippen LogP contribution in [0.4, 0.5) is 0 Å². The first-order valence-electron chi connectivity index (χ1n) is 2.40. The van der Waals surface area contributed by atoms with Gasteiger partial charge in [-0.2, -0.15) is 0 Å². The van der Waals surface area contributed by atoms with Crippen LogP contribution in [0.15, 0.2) is 0 Å². The van der Waals surface area contributed by atoms with Gasteiger partial charge in [-0.3, -0.25) is 0 Å². The van der Waals surface area contributed by atoms with E-state index in [1.807, 2.05) is 6.92 Å². The summed E-state index contributed by atoms with van der Waals surface area (Å²) in [6.45, 7) is 9.17. The number of aromatic nitrogens is 2. The summed E-state index contributed by atoms with van der Waals surface area (Å²) in [7, 11) is 0. The third-order valence-electron chi connectivity index (χ3n) is 1.03. The van der Waals surface area contributed by atoms with Crippen molar-refractivity contribution in [1.82, 2.24) is 9.97 Å². The predicted octanol–water partition coefficient (Wildman–Crippen LogP) is -0.461. The Morgan fingerprint density at radius 1 is 1.50 bits per heavy atom. The number of hydrogen-bond donors (Lipinski definition) is 1. The summed E-state index contributed by atoms with van der Waals surface area (Å²) in [4.78, 5) is 6.86. The van der Waals surface area contributed by atoms with E-state index in [0.717, 1.165) is 11.0 Å². The molecule has 0 spiro atoms. The smallest absolute Gasteiger partial charge is 0.123 e. The Hall–Kier alpha value is -1.05. The molecule has 0 atom stereocenters. The van der Waals surface area contributed by atoms with Gasteiger partial charge in [-0.15, -0.1) is 0 Å². The normalized spacial score (nSPS) is 9.62. The number of nitrogens with zero attached hydrogens (tertiary/aromatic N) is 1. The van der Waals surface area contributed by atoms with Gasteiger partial charge in [-0.25, -0.2) is 4.98 Å². The molecular formula is C6H8N2. The van der Waals surface area contributed by atoms with Gasteiger partial charge in [0.2, 0.25) is 0 Å². The van der Waals surface area contributed by atoms with Crippen molar-refractivity contribution >= 4 is 13.2 Å². The Kier molecular flexibility index (Phi) is 0.938. The lowest BCUT2D eigenvalue weighted by Gasteiger charge is -1.69. The quantitative estimate of drug-likeness (QED) is 0.478. The lowest BCUT2D eigenvalue weighted by atomic mass is 10.5. The van der Waals surface area contributed by atoms with Gasteiger partial charge >= 0.3 is 0 Å². The first-order valence-corrected chi connectivity index (χ1v) is 2.40. The molecule has 0 aromatic carbocycles. The summed E-state index contributed by atoms with van der Waals surface area (Å²) < 4.78 is 0. The lowest BCUT2D eigenvalue weighted by Crippen LogP contribution is -2.06. The van der Waals surface area contributed by atoms with Crippen molar-refractivity contribution in [3.8, 4) is 0 Å². The molecule has 42 valence electrons. The standard InChI is InChI=1S/C6H8N2/c1-4-5(2)8-6(3)7-4/h7H,1,3H2,2H3. The Bertz CT molecular complexity index is 271. The van der Waals surface area contributed by atoms with E-state index in [9.17, 15) is 0 Å². The van der Waals surface area contributed by atoms with E-state index in [4.69, 9.17) is 0 Å². The number of aryl methyl sites for hydroxylation is 1. The van der Waals surface area contributed by atoms with Crippen LogP contribution in [-0.4, -0.2) is 9.97 Å². The number of H-pyrrole nitrogens is 1. The highest BCUT2D eigenvalue weighted by Gasteiger charge is 1.84. The van der Waals surface area contributed by atoms with Crippen LogP contribution in [0.5, 0.6) is 0 Å². The van der Waals surface area contributed by atoms with Gasteiger partial charge in [0.15, 0.2) is 0 Å². The van der Waals surface area contributed by atoms with Crippen molar-refractivity contribution in [2.24, 2.45) is 0 Å². The third-order valence-corrected chi connectivity index (χ3v) is 1.03. The van der Waals surface area contributed by atoms with E-state index < -0.39 is 0 Å². The van der Waals surface area contributed by atoms with Crippen LogP contribution in [0.3, 0.4) is 0 Å². The molecule has 2 heteroatoms. The molecular weight excluding hydrogens is 100 g/mol. The molecule has 0 aliphatic carbocycles. The van der Waals surface area contributed by atoms with E-state index >= 15 is 0 Å².